The number of nitrogens with zero attached hydrogens (tertiary/aromatic N) is 3. The van der Waals surface area contributed by atoms with E-state index in [-0.39, 0.29) is 11.2 Å². The van der Waals surface area contributed by atoms with E-state index in [0.29, 0.717) is 5.69 Å². The van der Waals surface area contributed by atoms with Crippen LogP contribution in [0.5, 0.6) is 0 Å². The van der Waals surface area contributed by atoms with Gasteiger partial charge in [-0.2, -0.15) is 10.2 Å². The van der Waals surface area contributed by atoms with Crippen molar-refractivity contribution in [2.75, 3.05) is 0 Å². The molecule has 2 aromatic heterocycles. The van der Waals surface area contributed by atoms with E-state index in [1.54, 1.807) is 12.3 Å². The van der Waals surface area contributed by atoms with E-state index in [0.717, 1.165) is 37.1 Å². The number of pyridine rings is 1. The molecule has 0 aromatic carbocycles. The standard InChI is InChI=1S/C15H16FN3/c1-2-11-6-7-13(19-18-11)15(8-4-9-15)14-12(16)5-3-10-17-14/h3,5-7,10H,2,4,8-9H2,1H3. The van der Waals surface area contributed by atoms with E-state index in [2.05, 4.69) is 15.2 Å². The summed E-state index contributed by atoms with van der Waals surface area (Å²) in [5, 5.41) is 8.50. The van der Waals surface area contributed by atoms with Crippen LogP contribution in [0.2, 0.25) is 0 Å². The molecule has 1 aliphatic carbocycles. The average Bonchev–Trinajstić information content (AvgIpc) is 2.40. The average molecular weight is 257 g/mol. The van der Waals surface area contributed by atoms with Gasteiger partial charge in [-0.05, 0) is 43.5 Å². The second-order valence-electron chi connectivity index (χ2n) is 5.03. The molecule has 98 valence electrons. The largest absolute Gasteiger partial charge is 0.257 e. The zero-order chi connectivity index (χ0) is 13.3. The first-order valence-corrected chi connectivity index (χ1v) is 6.70. The second-order valence-corrected chi connectivity index (χ2v) is 5.03. The van der Waals surface area contributed by atoms with Gasteiger partial charge >= 0.3 is 0 Å². The first kappa shape index (κ1) is 12.2. The summed E-state index contributed by atoms with van der Waals surface area (Å²) in [5.74, 6) is -0.247. The zero-order valence-corrected chi connectivity index (χ0v) is 10.9. The van der Waals surface area contributed by atoms with E-state index in [4.69, 9.17) is 0 Å². The Morgan fingerprint density at radius 3 is 2.58 bits per heavy atom. The van der Waals surface area contributed by atoms with Crippen molar-refractivity contribution >= 4 is 0 Å². The Labute approximate surface area is 111 Å². The van der Waals surface area contributed by atoms with Crippen molar-refractivity contribution in [3.05, 3.63) is 53.4 Å². The summed E-state index contributed by atoms with van der Waals surface area (Å²) in [6.07, 6.45) is 5.36. The molecule has 1 saturated carbocycles. The Morgan fingerprint density at radius 2 is 2.05 bits per heavy atom. The number of rotatable bonds is 3. The normalized spacial score (nSPS) is 16.9. The molecular formula is C15H16FN3. The predicted molar refractivity (Wildman–Crippen MR) is 70.2 cm³/mol. The monoisotopic (exact) mass is 257 g/mol. The summed E-state index contributed by atoms with van der Waals surface area (Å²) in [6.45, 7) is 2.04. The van der Waals surface area contributed by atoms with Crippen molar-refractivity contribution in [2.45, 2.75) is 38.0 Å². The van der Waals surface area contributed by atoms with Crippen molar-refractivity contribution < 1.29 is 4.39 Å². The van der Waals surface area contributed by atoms with Gasteiger partial charge in [-0.1, -0.05) is 13.3 Å². The third-order valence-electron chi connectivity index (χ3n) is 3.99. The summed E-state index contributed by atoms with van der Waals surface area (Å²) in [7, 11) is 0. The topological polar surface area (TPSA) is 38.7 Å². The summed E-state index contributed by atoms with van der Waals surface area (Å²) in [6, 6.07) is 7.04. The molecule has 0 aliphatic heterocycles. The maximum atomic E-state index is 14.0. The maximum Gasteiger partial charge on any atom is 0.145 e. The van der Waals surface area contributed by atoms with Gasteiger partial charge < -0.3 is 0 Å². The van der Waals surface area contributed by atoms with Crippen molar-refractivity contribution in [1.29, 1.82) is 0 Å². The Kier molecular flexibility index (Phi) is 3.01. The number of hydrogen-bond donors (Lipinski definition) is 0. The van der Waals surface area contributed by atoms with Gasteiger partial charge in [0.05, 0.1) is 22.5 Å². The highest BCUT2D eigenvalue weighted by Gasteiger charge is 2.45. The van der Waals surface area contributed by atoms with Crippen LogP contribution in [0, 0.1) is 5.82 Å². The quantitative estimate of drug-likeness (QED) is 0.848. The molecule has 0 radical (unpaired) electrons. The second kappa shape index (κ2) is 4.68. The van der Waals surface area contributed by atoms with Gasteiger partial charge in [-0.15, -0.1) is 0 Å². The van der Waals surface area contributed by atoms with E-state index < -0.39 is 0 Å². The van der Waals surface area contributed by atoms with Gasteiger partial charge in [0.15, 0.2) is 0 Å². The molecule has 2 aromatic rings. The number of aryl methyl sites for hydroxylation is 1. The molecule has 0 N–H and O–H groups in total. The summed E-state index contributed by atoms with van der Waals surface area (Å²) >= 11 is 0. The first-order valence-electron chi connectivity index (χ1n) is 6.70. The minimum absolute atomic E-state index is 0.247. The van der Waals surface area contributed by atoms with Crippen LogP contribution >= 0.6 is 0 Å². The third-order valence-corrected chi connectivity index (χ3v) is 3.99. The van der Waals surface area contributed by atoms with Crippen molar-refractivity contribution in [3.8, 4) is 0 Å². The molecule has 0 spiro atoms. The molecule has 4 heteroatoms. The zero-order valence-electron chi connectivity index (χ0n) is 10.9. The summed E-state index contributed by atoms with van der Waals surface area (Å²) in [4.78, 5) is 4.25. The molecule has 0 atom stereocenters. The highest BCUT2D eigenvalue weighted by atomic mass is 19.1. The van der Waals surface area contributed by atoms with E-state index in [9.17, 15) is 4.39 Å². The number of aromatic nitrogens is 3. The fourth-order valence-electron chi connectivity index (χ4n) is 2.69. The molecule has 0 saturated heterocycles. The lowest BCUT2D eigenvalue weighted by Crippen LogP contribution is -2.38. The Bertz CT molecular complexity index is 576. The number of hydrogen-bond acceptors (Lipinski definition) is 3. The van der Waals surface area contributed by atoms with Crippen molar-refractivity contribution in [2.24, 2.45) is 0 Å². The minimum Gasteiger partial charge on any atom is -0.257 e. The van der Waals surface area contributed by atoms with Crippen LogP contribution < -0.4 is 0 Å². The highest BCUT2D eigenvalue weighted by molar-refractivity contribution is 5.34. The van der Waals surface area contributed by atoms with Crippen LogP contribution in [-0.2, 0) is 11.8 Å². The molecule has 1 fully saturated rings. The minimum atomic E-state index is -0.370. The van der Waals surface area contributed by atoms with E-state index in [1.165, 1.54) is 6.07 Å². The van der Waals surface area contributed by atoms with Gasteiger partial charge in [0.1, 0.15) is 5.82 Å². The fourth-order valence-corrected chi connectivity index (χ4v) is 2.69. The van der Waals surface area contributed by atoms with Crippen LogP contribution in [0.15, 0.2) is 30.5 Å². The maximum absolute atomic E-state index is 14.0. The summed E-state index contributed by atoms with van der Waals surface area (Å²) in [5.41, 5.74) is 1.94. The van der Waals surface area contributed by atoms with Crippen LogP contribution in [0.3, 0.4) is 0 Å². The number of halogens is 1. The van der Waals surface area contributed by atoms with Gasteiger partial charge in [-0.3, -0.25) is 4.98 Å². The Hall–Kier alpha value is -1.84. The van der Waals surface area contributed by atoms with Crippen molar-refractivity contribution in [3.63, 3.8) is 0 Å². The SMILES string of the molecule is CCc1ccc(C2(c3ncccc3F)CCC2)nn1. The lowest BCUT2D eigenvalue weighted by molar-refractivity contribution is 0.273. The molecule has 1 aliphatic rings. The molecule has 3 rings (SSSR count). The Balaban J connectivity index is 2.05. The van der Waals surface area contributed by atoms with Crippen LogP contribution in [0.1, 0.15) is 43.3 Å². The van der Waals surface area contributed by atoms with Crippen molar-refractivity contribution in [1.82, 2.24) is 15.2 Å². The fraction of sp³-hybridized carbons (Fsp3) is 0.400. The molecular weight excluding hydrogens is 241 g/mol. The highest BCUT2D eigenvalue weighted by Crippen LogP contribution is 2.47. The van der Waals surface area contributed by atoms with Gasteiger partial charge in [0.2, 0.25) is 0 Å². The predicted octanol–water partition coefficient (Wildman–Crippen LogP) is 3.04. The molecule has 19 heavy (non-hydrogen) atoms. The molecule has 0 bridgehead atoms. The Morgan fingerprint density at radius 1 is 1.21 bits per heavy atom. The lowest BCUT2D eigenvalue weighted by atomic mass is 9.64. The first-order chi connectivity index (χ1) is 9.26. The van der Waals surface area contributed by atoms with Crippen LogP contribution in [-0.4, -0.2) is 15.2 Å². The van der Waals surface area contributed by atoms with Crippen LogP contribution in [0.25, 0.3) is 0 Å². The van der Waals surface area contributed by atoms with E-state index >= 15 is 0 Å². The third kappa shape index (κ3) is 1.91. The molecule has 0 unspecified atom stereocenters. The van der Waals surface area contributed by atoms with Crippen LogP contribution in [0.4, 0.5) is 4.39 Å². The molecule has 3 nitrogen and oxygen atoms in total. The summed E-state index contributed by atoms with van der Waals surface area (Å²) < 4.78 is 14.0. The van der Waals surface area contributed by atoms with Gasteiger partial charge in [0.25, 0.3) is 0 Å². The smallest absolute Gasteiger partial charge is 0.145 e. The lowest BCUT2D eigenvalue weighted by Gasteiger charge is -2.40. The molecule has 2 heterocycles. The van der Waals surface area contributed by atoms with Gasteiger partial charge in [-0.25, -0.2) is 4.39 Å². The molecule has 0 amide bonds. The van der Waals surface area contributed by atoms with E-state index in [1.807, 2.05) is 19.1 Å². The van der Waals surface area contributed by atoms with Gasteiger partial charge in [0, 0.05) is 6.20 Å².